The minimum atomic E-state index is -3.09. The van der Waals surface area contributed by atoms with Crippen LogP contribution in [0.2, 0.25) is 0 Å². The summed E-state index contributed by atoms with van der Waals surface area (Å²) < 4.78 is 31.7. The second kappa shape index (κ2) is 6.57. The number of ether oxygens (including phenoxy) is 1. The summed E-state index contributed by atoms with van der Waals surface area (Å²) in [4.78, 5) is 3.82. The highest BCUT2D eigenvalue weighted by molar-refractivity contribution is 7.89. The van der Waals surface area contributed by atoms with Crippen molar-refractivity contribution >= 4 is 21.4 Å². The van der Waals surface area contributed by atoms with Crippen molar-refractivity contribution in [1.29, 1.82) is 0 Å². The molecule has 1 N–H and O–H groups in total. The van der Waals surface area contributed by atoms with Crippen molar-refractivity contribution in [3.05, 3.63) is 22.4 Å². The van der Waals surface area contributed by atoms with Gasteiger partial charge in [0, 0.05) is 31.1 Å². The van der Waals surface area contributed by atoms with Crippen molar-refractivity contribution in [3.63, 3.8) is 0 Å². The molecule has 124 valence electrons. The zero-order valence-electron chi connectivity index (χ0n) is 13.0. The van der Waals surface area contributed by atoms with E-state index in [-0.39, 0.29) is 11.4 Å². The lowest BCUT2D eigenvalue weighted by Crippen LogP contribution is -2.64. The van der Waals surface area contributed by atoms with E-state index in [1.807, 2.05) is 0 Å². The molecule has 1 aromatic heterocycles. The number of hydrogen-bond donors (Lipinski definition) is 1. The van der Waals surface area contributed by atoms with Gasteiger partial charge in [-0.25, -0.2) is 13.1 Å². The molecule has 1 atom stereocenters. The Morgan fingerprint density at radius 3 is 2.91 bits per heavy atom. The summed E-state index contributed by atoms with van der Waals surface area (Å²) in [7, 11) is -3.09. The van der Waals surface area contributed by atoms with Gasteiger partial charge in [0.05, 0.1) is 18.0 Å². The van der Waals surface area contributed by atoms with Crippen molar-refractivity contribution in [2.75, 3.05) is 32.0 Å². The van der Waals surface area contributed by atoms with E-state index in [0.29, 0.717) is 19.1 Å². The predicted molar refractivity (Wildman–Crippen MR) is 88.5 cm³/mol. The summed E-state index contributed by atoms with van der Waals surface area (Å²) in [6, 6.07) is 4.27. The highest BCUT2D eigenvalue weighted by atomic mass is 32.2. The second-order valence-electron chi connectivity index (χ2n) is 6.38. The molecule has 2 saturated heterocycles. The highest BCUT2D eigenvalue weighted by Crippen LogP contribution is 2.36. The molecule has 0 amide bonds. The molecule has 0 aromatic carbocycles. The zero-order valence-corrected chi connectivity index (χ0v) is 14.6. The van der Waals surface area contributed by atoms with Gasteiger partial charge in [0.25, 0.3) is 0 Å². The normalized spacial score (nSPS) is 25.2. The van der Waals surface area contributed by atoms with Crippen LogP contribution in [0.15, 0.2) is 17.5 Å². The average Bonchev–Trinajstić information content (AvgIpc) is 2.98. The van der Waals surface area contributed by atoms with Gasteiger partial charge in [-0.3, -0.25) is 4.90 Å². The van der Waals surface area contributed by atoms with Crippen LogP contribution in [0.25, 0.3) is 0 Å². The number of thiophene rings is 1. The number of sulfonamides is 1. The van der Waals surface area contributed by atoms with Crippen LogP contribution in [-0.2, 0) is 21.3 Å². The molecule has 0 radical (unpaired) electrons. The topological polar surface area (TPSA) is 58.6 Å². The van der Waals surface area contributed by atoms with E-state index in [1.165, 1.54) is 4.88 Å². The lowest BCUT2D eigenvalue weighted by atomic mass is 9.83. The first kappa shape index (κ1) is 16.4. The molecule has 7 heteroatoms. The van der Waals surface area contributed by atoms with E-state index in [9.17, 15) is 8.42 Å². The monoisotopic (exact) mass is 344 g/mol. The van der Waals surface area contributed by atoms with E-state index < -0.39 is 10.0 Å². The van der Waals surface area contributed by atoms with E-state index in [4.69, 9.17) is 4.74 Å². The smallest absolute Gasteiger partial charge is 0.211 e. The van der Waals surface area contributed by atoms with Crippen molar-refractivity contribution in [3.8, 4) is 0 Å². The van der Waals surface area contributed by atoms with Crippen molar-refractivity contribution in [1.82, 2.24) is 9.62 Å². The fourth-order valence-corrected chi connectivity index (χ4v) is 4.62. The van der Waals surface area contributed by atoms with Gasteiger partial charge in [0.15, 0.2) is 0 Å². The van der Waals surface area contributed by atoms with Gasteiger partial charge < -0.3 is 4.74 Å². The summed E-state index contributed by atoms with van der Waals surface area (Å²) in [5.41, 5.74) is 0.0252. The zero-order chi connectivity index (χ0) is 15.6. The Morgan fingerprint density at radius 1 is 1.50 bits per heavy atom. The minimum absolute atomic E-state index is 0.0252. The van der Waals surface area contributed by atoms with Gasteiger partial charge in [-0.1, -0.05) is 6.07 Å². The quantitative estimate of drug-likeness (QED) is 0.853. The Hall–Kier alpha value is -0.470. The second-order valence-corrected chi connectivity index (χ2v) is 9.50. The van der Waals surface area contributed by atoms with Crippen LogP contribution in [0.4, 0.5) is 0 Å². The van der Waals surface area contributed by atoms with Crippen LogP contribution >= 0.6 is 11.3 Å². The van der Waals surface area contributed by atoms with Crippen molar-refractivity contribution < 1.29 is 13.2 Å². The number of hydrogen-bond acceptors (Lipinski definition) is 5. The fourth-order valence-electron chi connectivity index (χ4n) is 3.18. The standard InChI is InChI=1S/C15H24N2O3S2/c1-2-22(18,19)16-8-13-5-6-15(20-10-13)11-17(12-15)9-14-4-3-7-21-14/h3-4,7,13,16H,2,5-6,8-12H2,1H3/t13-/m0/s1. The Balaban J connectivity index is 1.40. The fraction of sp³-hybridized carbons (Fsp3) is 0.733. The summed E-state index contributed by atoms with van der Waals surface area (Å²) in [6.45, 7) is 5.84. The van der Waals surface area contributed by atoms with E-state index >= 15 is 0 Å². The lowest BCUT2D eigenvalue weighted by Gasteiger charge is -2.52. The lowest BCUT2D eigenvalue weighted by molar-refractivity contribution is -0.180. The first-order valence-corrected chi connectivity index (χ1v) is 10.4. The molecule has 0 aliphatic carbocycles. The van der Waals surface area contributed by atoms with Crippen LogP contribution < -0.4 is 4.72 Å². The van der Waals surface area contributed by atoms with Crippen LogP contribution in [-0.4, -0.2) is 50.9 Å². The van der Waals surface area contributed by atoms with Gasteiger partial charge in [-0.15, -0.1) is 11.3 Å². The summed E-state index contributed by atoms with van der Waals surface area (Å²) in [6.07, 6.45) is 2.07. The van der Waals surface area contributed by atoms with E-state index in [2.05, 4.69) is 27.1 Å². The van der Waals surface area contributed by atoms with Gasteiger partial charge >= 0.3 is 0 Å². The predicted octanol–water partition coefficient (Wildman–Crippen LogP) is 1.67. The largest absolute Gasteiger partial charge is 0.372 e. The number of likely N-dealkylation sites (tertiary alicyclic amines) is 1. The molecular formula is C15H24N2O3S2. The Labute approximate surface area is 136 Å². The third-order valence-corrected chi connectivity index (χ3v) is 6.82. The molecule has 3 rings (SSSR count). The minimum Gasteiger partial charge on any atom is -0.372 e. The van der Waals surface area contributed by atoms with Crippen LogP contribution in [0.3, 0.4) is 0 Å². The Morgan fingerprint density at radius 2 is 2.32 bits per heavy atom. The van der Waals surface area contributed by atoms with Crippen LogP contribution in [0, 0.1) is 5.92 Å². The van der Waals surface area contributed by atoms with Crippen LogP contribution in [0.5, 0.6) is 0 Å². The van der Waals surface area contributed by atoms with E-state index in [1.54, 1.807) is 18.3 Å². The third-order valence-electron chi connectivity index (χ3n) is 4.59. The molecule has 0 unspecified atom stereocenters. The molecule has 1 aromatic rings. The number of rotatable bonds is 6. The number of nitrogens with zero attached hydrogens (tertiary/aromatic N) is 1. The van der Waals surface area contributed by atoms with Gasteiger partial charge in [0.2, 0.25) is 10.0 Å². The molecule has 0 bridgehead atoms. The molecule has 0 saturated carbocycles. The van der Waals surface area contributed by atoms with Crippen LogP contribution in [0.1, 0.15) is 24.6 Å². The molecule has 2 aliphatic heterocycles. The molecule has 3 heterocycles. The summed E-state index contributed by atoms with van der Waals surface area (Å²) >= 11 is 1.80. The molecule has 22 heavy (non-hydrogen) atoms. The first-order chi connectivity index (χ1) is 10.5. The molecule has 1 spiro atoms. The summed E-state index contributed by atoms with van der Waals surface area (Å²) in [5, 5.41) is 2.12. The van der Waals surface area contributed by atoms with Crippen molar-refractivity contribution in [2.24, 2.45) is 5.92 Å². The van der Waals surface area contributed by atoms with Gasteiger partial charge in [-0.05, 0) is 37.1 Å². The maximum atomic E-state index is 11.5. The Kier molecular flexibility index (Phi) is 4.89. The highest BCUT2D eigenvalue weighted by Gasteiger charge is 2.46. The van der Waals surface area contributed by atoms with E-state index in [0.717, 1.165) is 32.5 Å². The Bertz CT molecular complexity index is 570. The molecular weight excluding hydrogens is 320 g/mol. The SMILES string of the molecule is CCS(=O)(=O)NC[C@@H]1CCC2(CN(Cc3cccs3)C2)OC1. The maximum Gasteiger partial charge on any atom is 0.211 e. The number of nitrogens with one attached hydrogen (secondary N) is 1. The maximum absolute atomic E-state index is 11.5. The van der Waals surface area contributed by atoms with Crippen molar-refractivity contribution in [2.45, 2.75) is 31.9 Å². The molecule has 2 fully saturated rings. The first-order valence-electron chi connectivity index (χ1n) is 7.86. The molecule has 2 aliphatic rings. The third kappa shape index (κ3) is 3.89. The van der Waals surface area contributed by atoms with Gasteiger partial charge in [0.1, 0.15) is 0 Å². The molecule has 5 nitrogen and oxygen atoms in total. The average molecular weight is 345 g/mol. The summed E-state index contributed by atoms with van der Waals surface area (Å²) in [5.74, 6) is 0.445. The van der Waals surface area contributed by atoms with Gasteiger partial charge in [-0.2, -0.15) is 0 Å².